The van der Waals surface area contributed by atoms with E-state index in [2.05, 4.69) is 34.7 Å². The maximum atomic E-state index is 11.9. The van der Waals surface area contributed by atoms with Crippen LogP contribution in [-0.4, -0.2) is 39.7 Å². The summed E-state index contributed by atoms with van der Waals surface area (Å²) in [6.07, 6.45) is 4.47. The van der Waals surface area contributed by atoms with Gasteiger partial charge in [0.05, 0.1) is 5.75 Å². The summed E-state index contributed by atoms with van der Waals surface area (Å²) in [6.45, 7) is 4.20. The molecule has 2 atom stereocenters. The van der Waals surface area contributed by atoms with Gasteiger partial charge in [-0.15, -0.1) is 10.2 Å². The zero-order chi connectivity index (χ0) is 16.7. The highest BCUT2D eigenvalue weighted by molar-refractivity contribution is 8.03. The zero-order valence-electron chi connectivity index (χ0n) is 13.3. The van der Waals surface area contributed by atoms with Crippen molar-refractivity contribution in [1.29, 1.82) is 0 Å². The Labute approximate surface area is 149 Å². The lowest BCUT2D eigenvalue weighted by Gasteiger charge is -2.29. The van der Waals surface area contributed by atoms with E-state index in [1.807, 2.05) is 0 Å². The molecule has 2 rings (SSSR count). The van der Waals surface area contributed by atoms with Crippen LogP contribution in [0.25, 0.3) is 0 Å². The molecule has 0 unspecified atom stereocenters. The first-order chi connectivity index (χ1) is 11.1. The molecule has 0 spiro atoms. The van der Waals surface area contributed by atoms with Crippen LogP contribution in [0.5, 0.6) is 0 Å². The third-order valence-corrected chi connectivity index (χ3v) is 6.74. The minimum absolute atomic E-state index is 0.166. The number of amides is 3. The van der Waals surface area contributed by atoms with Crippen molar-refractivity contribution in [2.45, 2.75) is 54.3 Å². The second-order valence-corrected chi connectivity index (χ2v) is 9.16. The van der Waals surface area contributed by atoms with Crippen LogP contribution >= 0.6 is 34.9 Å². The molecule has 0 aromatic carbocycles. The first-order valence-corrected chi connectivity index (χ1v) is 10.6. The molecule has 0 bridgehead atoms. The highest BCUT2D eigenvalue weighted by Gasteiger charge is 2.23. The molecule has 128 valence electrons. The molecule has 6 nitrogen and oxygen atoms in total. The van der Waals surface area contributed by atoms with E-state index in [9.17, 15) is 9.59 Å². The minimum Gasteiger partial charge on any atom is -0.335 e. The van der Waals surface area contributed by atoms with Crippen LogP contribution in [0.15, 0.2) is 8.68 Å². The number of thioether (sulfide) groups is 2. The largest absolute Gasteiger partial charge is 0.335 e. The van der Waals surface area contributed by atoms with Crippen molar-refractivity contribution in [3.05, 3.63) is 0 Å². The predicted octanol–water partition coefficient (Wildman–Crippen LogP) is 3.15. The molecule has 9 heteroatoms. The number of rotatable bonds is 6. The van der Waals surface area contributed by atoms with E-state index in [4.69, 9.17) is 0 Å². The Balaban J connectivity index is 1.70. The average Bonchev–Trinajstić information content (AvgIpc) is 2.96. The summed E-state index contributed by atoms with van der Waals surface area (Å²) in [5, 5.41) is 13.4. The van der Waals surface area contributed by atoms with Crippen molar-refractivity contribution in [2.75, 3.05) is 11.5 Å². The first-order valence-electron chi connectivity index (χ1n) is 7.78. The van der Waals surface area contributed by atoms with Gasteiger partial charge >= 0.3 is 6.03 Å². The van der Waals surface area contributed by atoms with Crippen LogP contribution in [0.2, 0.25) is 0 Å². The smallest absolute Gasteiger partial charge is 0.321 e. The number of urea groups is 1. The van der Waals surface area contributed by atoms with Gasteiger partial charge in [-0.1, -0.05) is 61.5 Å². The molecule has 1 saturated carbocycles. The van der Waals surface area contributed by atoms with Gasteiger partial charge in [0.25, 0.3) is 0 Å². The number of imide groups is 1. The SMILES string of the molecule is CCSc1nnc(SCC(=O)NC(=O)N[C@@H]2CCCC[C@@H]2C)s1. The van der Waals surface area contributed by atoms with Crippen LogP contribution in [0, 0.1) is 5.92 Å². The first kappa shape index (κ1) is 18.5. The van der Waals surface area contributed by atoms with Crippen LogP contribution in [0.1, 0.15) is 39.5 Å². The number of hydrogen-bond donors (Lipinski definition) is 2. The third kappa shape index (κ3) is 6.31. The van der Waals surface area contributed by atoms with Gasteiger partial charge < -0.3 is 5.32 Å². The van der Waals surface area contributed by atoms with E-state index in [0.29, 0.717) is 5.92 Å². The number of hydrogen-bond acceptors (Lipinski definition) is 7. The lowest BCUT2D eigenvalue weighted by molar-refractivity contribution is -0.117. The zero-order valence-corrected chi connectivity index (χ0v) is 15.8. The molecule has 3 amide bonds. The Bertz CT molecular complexity index is 538. The number of carbonyl (C=O) groups excluding carboxylic acids is 2. The van der Waals surface area contributed by atoms with Crippen LogP contribution < -0.4 is 10.6 Å². The van der Waals surface area contributed by atoms with E-state index in [1.54, 1.807) is 11.8 Å². The fraction of sp³-hybridized carbons (Fsp3) is 0.714. The molecule has 1 aromatic rings. The fourth-order valence-corrected chi connectivity index (χ4v) is 5.18. The summed E-state index contributed by atoms with van der Waals surface area (Å²) < 4.78 is 1.65. The van der Waals surface area contributed by atoms with E-state index < -0.39 is 6.03 Å². The van der Waals surface area contributed by atoms with Crippen LogP contribution in [0.4, 0.5) is 4.79 Å². The highest BCUT2D eigenvalue weighted by Crippen LogP contribution is 2.28. The second kappa shape index (κ2) is 9.48. The van der Waals surface area contributed by atoms with Gasteiger partial charge in [-0.05, 0) is 24.5 Å². The van der Waals surface area contributed by atoms with Crippen LogP contribution in [0.3, 0.4) is 0 Å². The Morgan fingerprint density at radius 2 is 1.91 bits per heavy atom. The van der Waals surface area contributed by atoms with Crippen molar-refractivity contribution < 1.29 is 9.59 Å². The van der Waals surface area contributed by atoms with E-state index in [1.165, 1.54) is 29.5 Å². The van der Waals surface area contributed by atoms with Gasteiger partial charge in [0.1, 0.15) is 0 Å². The summed E-state index contributed by atoms with van der Waals surface area (Å²) in [6, 6.07) is -0.227. The van der Waals surface area contributed by atoms with Gasteiger partial charge in [0.2, 0.25) is 5.91 Å². The third-order valence-electron chi connectivity index (χ3n) is 3.66. The number of nitrogens with one attached hydrogen (secondary N) is 2. The monoisotopic (exact) mass is 374 g/mol. The summed E-state index contributed by atoms with van der Waals surface area (Å²) >= 11 is 4.40. The van der Waals surface area contributed by atoms with E-state index >= 15 is 0 Å². The molecule has 1 heterocycles. The van der Waals surface area contributed by atoms with Crippen molar-refractivity contribution >= 4 is 46.8 Å². The van der Waals surface area contributed by atoms with Crippen LogP contribution in [-0.2, 0) is 4.79 Å². The maximum absolute atomic E-state index is 11.9. The van der Waals surface area contributed by atoms with Gasteiger partial charge in [-0.2, -0.15) is 0 Å². The summed E-state index contributed by atoms with van der Waals surface area (Å²) in [5.41, 5.74) is 0. The Morgan fingerprint density at radius 1 is 1.22 bits per heavy atom. The minimum atomic E-state index is -0.395. The van der Waals surface area contributed by atoms with Crippen molar-refractivity contribution in [1.82, 2.24) is 20.8 Å². The molecule has 1 fully saturated rings. The topological polar surface area (TPSA) is 84.0 Å². The summed E-state index contributed by atoms with van der Waals surface area (Å²) in [4.78, 5) is 23.7. The quantitative estimate of drug-likeness (QED) is 0.744. The Kier molecular flexibility index (Phi) is 7.64. The average molecular weight is 375 g/mol. The number of carbonyl (C=O) groups is 2. The molecular weight excluding hydrogens is 352 g/mol. The molecule has 0 radical (unpaired) electrons. The van der Waals surface area contributed by atoms with Crippen molar-refractivity contribution in [2.24, 2.45) is 5.92 Å². The second-order valence-electron chi connectivity index (χ2n) is 5.45. The maximum Gasteiger partial charge on any atom is 0.321 e. The molecule has 1 aliphatic carbocycles. The van der Waals surface area contributed by atoms with Crippen molar-refractivity contribution in [3.63, 3.8) is 0 Å². The van der Waals surface area contributed by atoms with E-state index in [-0.39, 0.29) is 17.7 Å². The Hall–Kier alpha value is -0.800. The van der Waals surface area contributed by atoms with Gasteiger partial charge in [-0.3, -0.25) is 10.1 Å². The molecule has 23 heavy (non-hydrogen) atoms. The molecule has 1 aromatic heterocycles. The molecule has 2 N–H and O–H groups in total. The Morgan fingerprint density at radius 3 is 2.61 bits per heavy atom. The lowest BCUT2D eigenvalue weighted by Crippen LogP contribution is -2.48. The van der Waals surface area contributed by atoms with Gasteiger partial charge in [0.15, 0.2) is 8.68 Å². The van der Waals surface area contributed by atoms with Gasteiger partial charge in [0, 0.05) is 6.04 Å². The summed E-state index contributed by atoms with van der Waals surface area (Å²) in [5.74, 6) is 1.27. The highest BCUT2D eigenvalue weighted by atomic mass is 32.2. The van der Waals surface area contributed by atoms with Gasteiger partial charge in [-0.25, -0.2) is 4.79 Å². The summed E-state index contributed by atoms with van der Waals surface area (Å²) in [7, 11) is 0. The lowest BCUT2D eigenvalue weighted by atomic mass is 9.86. The number of aromatic nitrogens is 2. The van der Waals surface area contributed by atoms with E-state index in [0.717, 1.165) is 33.7 Å². The normalized spacial score (nSPS) is 21.0. The van der Waals surface area contributed by atoms with Crippen molar-refractivity contribution in [3.8, 4) is 0 Å². The number of nitrogens with zero attached hydrogens (tertiary/aromatic N) is 2. The molecule has 1 aliphatic rings. The predicted molar refractivity (Wildman–Crippen MR) is 95.1 cm³/mol. The molecule has 0 aliphatic heterocycles. The molecule has 0 saturated heterocycles. The fourth-order valence-electron chi connectivity index (χ4n) is 2.46. The molecular formula is C14H22N4O2S3. The standard InChI is InChI=1S/C14H22N4O2S3/c1-3-21-13-17-18-14(23-13)22-8-11(19)16-12(20)15-10-7-5-4-6-9(10)2/h9-10H,3-8H2,1-2H3,(H2,15,16,19,20)/t9-,10+/m0/s1.